The largest absolute Gasteiger partial charge is 0.330 e. The molecule has 78 valence electrons. The van der Waals surface area contributed by atoms with Crippen LogP contribution in [0.15, 0.2) is 0 Å². The first-order chi connectivity index (χ1) is 6.24. The van der Waals surface area contributed by atoms with Crippen LogP contribution in [0.2, 0.25) is 0 Å². The fourth-order valence-electron chi connectivity index (χ4n) is 2.15. The molecule has 2 heteroatoms. The van der Waals surface area contributed by atoms with E-state index >= 15 is 0 Å². The van der Waals surface area contributed by atoms with E-state index < -0.39 is 0 Å². The lowest BCUT2D eigenvalue weighted by Gasteiger charge is -2.36. The van der Waals surface area contributed by atoms with Crippen LogP contribution in [0.25, 0.3) is 0 Å². The van der Waals surface area contributed by atoms with Crippen LogP contribution in [0.5, 0.6) is 0 Å². The van der Waals surface area contributed by atoms with Gasteiger partial charge >= 0.3 is 0 Å². The van der Waals surface area contributed by atoms with Crippen molar-refractivity contribution in [3.63, 3.8) is 0 Å². The molecule has 2 N–H and O–H groups in total. The van der Waals surface area contributed by atoms with Crippen molar-refractivity contribution in [2.45, 2.75) is 45.6 Å². The Morgan fingerprint density at radius 3 is 2.69 bits per heavy atom. The molecule has 0 saturated carbocycles. The van der Waals surface area contributed by atoms with E-state index in [1.807, 2.05) is 0 Å². The monoisotopic (exact) mass is 184 g/mol. The highest BCUT2D eigenvalue weighted by molar-refractivity contribution is 4.76. The van der Waals surface area contributed by atoms with Gasteiger partial charge in [0, 0.05) is 12.6 Å². The van der Waals surface area contributed by atoms with E-state index in [1.165, 1.54) is 38.8 Å². The molecule has 1 heterocycles. The second kappa shape index (κ2) is 5.61. The Labute approximate surface area is 82.5 Å². The summed E-state index contributed by atoms with van der Waals surface area (Å²) in [4.78, 5) is 2.63. The summed E-state index contributed by atoms with van der Waals surface area (Å²) in [5.74, 6) is 0.897. The highest BCUT2D eigenvalue weighted by atomic mass is 15.2. The van der Waals surface area contributed by atoms with E-state index in [4.69, 9.17) is 5.73 Å². The lowest BCUT2D eigenvalue weighted by Crippen LogP contribution is -2.41. The second-order valence-electron chi connectivity index (χ2n) is 4.52. The van der Waals surface area contributed by atoms with Gasteiger partial charge in [0.25, 0.3) is 0 Å². The summed E-state index contributed by atoms with van der Waals surface area (Å²) < 4.78 is 0. The number of nitrogens with zero attached hydrogens (tertiary/aromatic N) is 1. The van der Waals surface area contributed by atoms with Gasteiger partial charge in [0.15, 0.2) is 0 Å². The topological polar surface area (TPSA) is 29.3 Å². The lowest BCUT2D eigenvalue weighted by atomic mass is 9.95. The molecule has 2 unspecified atom stereocenters. The fourth-order valence-corrected chi connectivity index (χ4v) is 2.15. The summed E-state index contributed by atoms with van der Waals surface area (Å²) >= 11 is 0. The summed E-state index contributed by atoms with van der Waals surface area (Å²) in [6.45, 7) is 8.11. The Balaban J connectivity index is 2.21. The number of likely N-dealkylation sites (tertiary alicyclic amines) is 1. The molecular weight excluding hydrogens is 160 g/mol. The van der Waals surface area contributed by atoms with Crippen LogP contribution in [0, 0.1) is 5.92 Å². The molecule has 1 aliphatic rings. The molecule has 0 aliphatic carbocycles. The van der Waals surface area contributed by atoms with Crippen molar-refractivity contribution >= 4 is 0 Å². The third kappa shape index (κ3) is 3.65. The van der Waals surface area contributed by atoms with Crippen molar-refractivity contribution in [3.05, 3.63) is 0 Å². The summed E-state index contributed by atoms with van der Waals surface area (Å²) in [5, 5.41) is 0. The Bertz CT molecular complexity index is 136. The van der Waals surface area contributed by atoms with Gasteiger partial charge in [-0.05, 0) is 51.6 Å². The number of piperidine rings is 1. The van der Waals surface area contributed by atoms with Crippen LogP contribution >= 0.6 is 0 Å². The highest BCUT2D eigenvalue weighted by Gasteiger charge is 2.21. The third-order valence-corrected chi connectivity index (χ3v) is 3.15. The van der Waals surface area contributed by atoms with Crippen molar-refractivity contribution < 1.29 is 0 Å². The van der Waals surface area contributed by atoms with Crippen LogP contribution in [-0.2, 0) is 0 Å². The molecule has 1 rings (SSSR count). The summed E-state index contributed by atoms with van der Waals surface area (Å²) in [5.41, 5.74) is 5.49. The molecular formula is C11H24N2. The van der Waals surface area contributed by atoms with Crippen molar-refractivity contribution in [3.8, 4) is 0 Å². The summed E-state index contributed by atoms with van der Waals surface area (Å²) in [6.07, 6.45) is 5.24. The standard InChI is InChI=1S/C11H24N2/c1-10-5-6-11(2)13(9-10)8-4-3-7-12/h10-11H,3-9,12H2,1-2H3. The average molecular weight is 184 g/mol. The van der Waals surface area contributed by atoms with Gasteiger partial charge in [0.2, 0.25) is 0 Å². The van der Waals surface area contributed by atoms with E-state index in [-0.39, 0.29) is 0 Å². The number of unbranched alkanes of at least 4 members (excludes halogenated alkanes) is 1. The molecule has 0 radical (unpaired) electrons. The van der Waals surface area contributed by atoms with Crippen molar-refractivity contribution in [2.75, 3.05) is 19.6 Å². The average Bonchev–Trinajstić information content (AvgIpc) is 2.11. The molecule has 1 fully saturated rings. The maximum absolute atomic E-state index is 5.49. The van der Waals surface area contributed by atoms with Crippen LogP contribution in [0.1, 0.15) is 39.5 Å². The maximum Gasteiger partial charge on any atom is 0.00671 e. The van der Waals surface area contributed by atoms with E-state index in [2.05, 4.69) is 18.7 Å². The van der Waals surface area contributed by atoms with Crippen molar-refractivity contribution in [1.29, 1.82) is 0 Å². The number of hydrogen-bond donors (Lipinski definition) is 1. The Hall–Kier alpha value is -0.0800. The molecule has 2 atom stereocenters. The molecule has 0 aromatic rings. The zero-order valence-electron chi connectivity index (χ0n) is 9.13. The van der Waals surface area contributed by atoms with Gasteiger partial charge in [-0.2, -0.15) is 0 Å². The van der Waals surface area contributed by atoms with Crippen LogP contribution in [-0.4, -0.2) is 30.6 Å². The first-order valence-corrected chi connectivity index (χ1v) is 5.68. The second-order valence-corrected chi connectivity index (χ2v) is 4.52. The zero-order chi connectivity index (χ0) is 9.68. The fraction of sp³-hybridized carbons (Fsp3) is 1.00. The van der Waals surface area contributed by atoms with Gasteiger partial charge < -0.3 is 10.6 Å². The smallest absolute Gasteiger partial charge is 0.00671 e. The molecule has 0 aromatic carbocycles. The van der Waals surface area contributed by atoms with Crippen LogP contribution < -0.4 is 5.73 Å². The van der Waals surface area contributed by atoms with Crippen LogP contribution in [0.4, 0.5) is 0 Å². The number of rotatable bonds is 4. The van der Waals surface area contributed by atoms with E-state index in [1.54, 1.807) is 0 Å². The normalized spacial score (nSPS) is 30.7. The number of hydrogen-bond acceptors (Lipinski definition) is 2. The first-order valence-electron chi connectivity index (χ1n) is 5.68. The first kappa shape index (κ1) is 11.0. The highest BCUT2D eigenvalue weighted by Crippen LogP contribution is 2.21. The third-order valence-electron chi connectivity index (χ3n) is 3.15. The quantitative estimate of drug-likeness (QED) is 0.676. The summed E-state index contributed by atoms with van der Waals surface area (Å²) in [6, 6.07) is 0.800. The zero-order valence-corrected chi connectivity index (χ0v) is 9.13. The van der Waals surface area contributed by atoms with E-state index in [0.29, 0.717) is 0 Å². The number of nitrogens with two attached hydrogens (primary N) is 1. The van der Waals surface area contributed by atoms with Gasteiger partial charge in [-0.1, -0.05) is 6.92 Å². The molecule has 13 heavy (non-hydrogen) atoms. The molecule has 0 spiro atoms. The van der Waals surface area contributed by atoms with E-state index in [0.717, 1.165) is 18.5 Å². The SMILES string of the molecule is CC1CCC(C)N(CCCCN)C1. The minimum atomic E-state index is 0.800. The predicted octanol–water partition coefficient (Wildman–Crippen LogP) is 1.85. The lowest BCUT2D eigenvalue weighted by molar-refractivity contribution is 0.123. The Morgan fingerprint density at radius 1 is 1.23 bits per heavy atom. The molecule has 0 aromatic heterocycles. The Morgan fingerprint density at radius 2 is 2.00 bits per heavy atom. The van der Waals surface area contributed by atoms with Gasteiger partial charge in [-0.3, -0.25) is 0 Å². The molecule has 1 saturated heterocycles. The van der Waals surface area contributed by atoms with Gasteiger partial charge in [0.05, 0.1) is 0 Å². The Kier molecular flexibility index (Phi) is 4.74. The van der Waals surface area contributed by atoms with Gasteiger partial charge in [0.1, 0.15) is 0 Å². The molecule has 1 aliphatic heterocycles. The van der Waals surface area contributed by atoms with E-state index in [9.17, 15) is 0 Å². The minimum absolute atomic E-state index is 0.800. The van der Waals surface area contributed by atoms with Gasteiger partial charge in [-0.15, -0.1) is 0 Å². The minimum Gasteiger partial charge on any atom is -0.330 e. The van der Waals surface area contributed by atoms with Crippen molar-refractivity contribution in [1.82, 2.24) is 4.90 Å². The maximum atomic E-state index is 5.49. The van der Waals surface area contributed by atoms with Crippen LogP contribution in [0.3, 0.4) is 0 Å². The molecule has 0 amide bonds. The molecule has 2 nitrogen and oxygen atoms in total. The summed E-state index contributed by atoms with van der Waals surface area (Å²) in [7, 11) is 0. The van der Waals surface area contributed by atoms with Gasteiger partial charge in [-0.25, -0.2) is 0 Å². The van der Waals surface area contributed by atoms with Crippen molar-refractivity contribution in [2.24, 2.45) is 11.7 Å². The predicted molar refractivity (Wildman–Crippen MR) is 57.7 cm³/mol. The molecule has 0 bridgehead atoms.